The van der Waals surface area contributed by atoms with Gasteiger partial charge in [-0.25, -0.2) is 0 Å². The van der Waals surface area contributed by atoms with Crippen LogP contribution in [0.4, 0.5) is 0 Å². The largest absolute Gasteiger partial charge is 0.378 e. The molecule has 2 heterocycles. The van der Waals surface area contributed by atoms with Crippen molar-refractivity contribution in [3.05, 3.63) is 0 Å². The SMILES string of the molecule is C[C@H]1C(=O)NCCCN1C(=O)CCC(=O)N1CCOCC1. The molecule has 3 amide bonds. The van der Waals surface area contributed by atoms with E-state index >= 15 is 0 Å². The number of morpholine rings is 1. The number of rotatable bonds is 3. The van der Waals surface area contributed by atoms with Crippen molar-refractivity contribution in [1.82, 2.24) is 15.1 Å². The molecule has 0 aromatic heterocycles. The van der Waals surface area contributed by atoms with Crippen LogP contribution in [-0.4, -0.2) is 73.0 Å². The van der Waals surface area contributed by atoms with Crippen LogP contribution in [0.25, 0.3) is 0 Å². The first-order chi connectivity index (χ1) is 10.1. The minimum absolute atomic E-state index is 0.0152. The molecule has 21 heavy (non-hydrogen) atoms. The average molecular weight is 297 g/mol. The van der Waals surface area contributed by atoms with Gasteiger partial charge in [0.1, 0.15) is 6.04 Å². The Kier molecular flexibility index (Phi) is 5.55. The minimum Gasteiger partial charge on any atom is -0.378 e. The van der Waals surface area contributed by atoms with E-state index in [0.29, 0.717) is 39.4 Å². The third kappa shape index (κ3) is 4.17. The van der Waals surface area contributed by atoms with Crippen molar-refractivity contribution in [2.75, 3.05) is 39.4 Å². The summed E-state index contributed by atoms with van der Waals surface area (Å²) >= 11 is 0. The Morgan fingerprint density at radius 1 is 1.19 bits per heavy atom. The Labute approximate surface area is 124 Å². The van der Waals surface area contributed by atoms with Gasteiger partial charge < -0.3 is 19.9 Å². The van der Waals surface area contributed by atoms with Gasteiger partial charge in [0.15, 0.2) is 0 Å². The van der Waals surface area contributed by atoms with E-state index in [1.807, 2.05) is 0 Å². The van der Waals surface area contributed by atoms with Gasteiger partial charge in [0.2, 0.25) is 17.7 Å². The smallest absolute Gasteiger partial charge is 0.242 e. The molecule has 2 saturated heterocycles. The number of amides is 3. The molecule has 2 fully saturated rings. The van der Waals surface area contributed by atoms with Crippen LogP contribution in [0, 0.1) is 0 Å². The molecule has 2 aliphatic heterocycles. The van der Waals surface area contributed by atoms with Crippen LogP contribution in [0.15, 0.2) is 0 Å². The van der Waals surface area contributed by atoms with Gasteiger partial charge in [0, 0.05) is 39.0 Å². The summed E-state index contributed by atoms with van der Waals surface area (Å²) in [6, 6.07) is -0.460. The third-order valence-corrected chi connectivity index (χ3v) is 3.96. The second-order valence-corrected chi connectivity index (χ2v) is 5.40. The van der Waals surface area contributed by atoms with Crippen LogP contribution in [0.5, 0.6) is 0 Å². The Hall–Kier alpha value is -1.63. The summed E-state index contributed by atoms with van der Waals surface area (Å²) in [5.41, 5.74) is 0. The van der Waals surface area contributed by atoms with Crippen LogP contribution >= 0.6 is 0 Å². The lowest BCUT2D eigenvalue weighted by atomic mass is 10.2. The van der Waals surface area contributed by atoms with Gasteiger partial charge in [-0.15, -0.1) is 0 Å². The number of carbonyl (C=O) groups is 3. The topological polar surface area (TPSA) is 79.0 Å². The lowest BCUT2D eigenvalue weighted by Crippen LogP contribution is -2.46. The molecule has 0 unspecified atom stereocenters. The first-order valence-corrected chi connectivity index (χ1v) is 7.52. The normalized spacial score (nSPS) is 23.5. The summed E-state index contributed by atoms with van der Waals surface area (Å²) in [5.74, 6) is -0.264. The molecule has 7 heteroatoms. The maximum absolute atomic E-state index is 12.2. The van der Waals surface area contributed by atoms with E-state index in [1.54, 1.807) is 16.7 Å². The van der Waals surface area contributed by atoms with Crippen LogP contribution in [0.1, 0.15) is 26.2 Å². The van der Waals surface area contributed by atoms with Gasteiger partial charge in [-0.05, 0) is 13.3 Å². The summed E-state index contributed by atoms with van der Waals surface area (Å²) in [7, 11) is 0. The minimum atomic E-state index is -0.460. The van der Waals surface area contributed by atoms with Gasteiger partial charge in [0.05, 0.1) is 13.2 Å². The second kappa shape index (κ2) is 7.40. The van der Waals surface area contributed by atoms with Crippen molar-refractivity contribution in [3.63, 3.8) is 0 Å². The molecule has 0 bridgehead atoms. The van der Waals surface area contributed by atoms with E-state index in [1.165, 1.54) is 0 Å². The molecule has 0 radical (unpaired) electrons. The zero-order chi connectivity index (χ0) is 15.2. The highest BCUT2D eigenvalue weighted by molar-refractivity contribution is 5.89. The molecule has 1 N–H and O–H groups in total. The van der Waals surface area contributed by atoms with Crippen molar-refractivity contribution in [2.24, 2.45) is 0 Å². The Balaban J connectivity index is 1.82. The number of nitrogens with one attached hydrogen (secondary N) is 1. The number of ether oxygens (including phenoxy) is 1. The number of hydrogen-bond donors (Lipinski definition) is 1. The van der Waals surface area contributed by atoms with Crippen molar-refractivity contribution in [1.29, 1.82) is 0 Å². The van der Waals surface area contributed by atoms with E-state index in [4.69, 9.17) is 4.74 Å². The second-order valence-electron chi connectivity index (χ2n) is 5.40. The van der Waals surface area contributed by atoms with E-state index in [0.717, 1.165) is 6.42 Å². The van der Waals surface area contributed by atoms with Crippen LogP contribution in [0.3, 0.4) is 0 Å². The highest BCUT2D eigenvalue weighted by atomic mass is 16.5. The van der Waals surface area contributed by atoms with Crippen LogP contribution < -0.4 is 5.32 Å². The fourth-order valence-electron chi connectivity index (χ4n) is 2.61. The zero-order valence-corrected chi connectivity index (χ0v) is 12.5. The molecule has 2 rings (SSSR count). The van der Waals surface area contributed by atoms with Gasteiger partial charge in [0.25, 0.3) is 0 Å². The molecular weight excluding hydrogens is 274 g/mol. The van der Waals surface area contributed by atoms with Gasteiger partial charge in [-0.2, -0.15) is 0 Å². The monoisotopic (exact) mass is 297 g/mol. The Bertz CT molecular complexity index is 407. The third-order valence-electron chi connectivity index (χ3n) is 3.96. The van der Waals surface area contributed by atoms with E-state index in [2.05, 4.69) is 5.32 Å². The maximum atomic E-state index is 12.2. The highest BCUT2D eigenvalue weighted by Crippen LogP contribution is 2.10. The fraction of sp³-hybridized carbons (Fsp3) is 0.786. The lowest BCUT2D eigenvalue weighted by molar-refractivity contribution is -0.142. The molecule has 2 aliphatic rings. The lowest BCUT2D eigenvalue weighted by Gasteiger charge is -2.28. The average Bonchev–Trinajstić information content (AvgIpc) is 2.68. The molecule has 0 aromatic carbocycles. The summed E-state index contributed by atoms with van der Waals surface area (Å²) in [6.45, 7) is 5.18. The van der Waals surface area contributed by atoms with Gasteiger partial charge in [-0.3, -0.25) is 14.4 Å². The summed E-state index contributed by atoms with van der Waals surface area (Å²) < 4.78 is 5.20. The number of nitrogens with zero attached hydrogens (tertiary/aromatic N) is 2. The molecular formula is C14H23N3O4. The van der Waals surface area contributed by atoms with E-state index in [9.17, 15) is 14.4 Å². The van der Waals surface area contributed by atoms with E-state index < -0.39 is 6.04 Å². The first kappa shape index (κ1) is 15.8. The molecule has 0 saturated carbocycles. The van der Waals surface area contributed by atoms with Crippen molar-refractivity contribution >= 4 is 17.7 Å². The Morgan fingerprint density at radius 3 is 2.57 bits per heavy atom. The molecule has 7 nitrogen and oxygen atoms in total. The van der Waals surface area contributed by atoms with E-state index in [-0.39, 0.29) is 30.6 Å². The zero-order valence-electron chi connectivity index (χ0n) is 12.5. The first-order valence-electron chi connectivity index (χ1n) is 7.52. The highest BCUT2D eigenvalue weighted by Gasteiger charge is 2.28. The summed E-state index contributed by atoms with van der Waals surface area (Å²) in [4.78, 5) is 39.3. The number of carbonyl (C=O) groups excluding carboxylic acids is 3. The molecule has 0 aromatic rings. The Morgan fingerprint density at radius 2 is 1.86 bits per heavy atom. The predicted octanol–water partition coefficient (Wildman–Crippen LogP) is -0.638. The summed E-state index contributed by atoms with van der Waals surface area (Å²) in [5, 5.41) is 2.77. The molecule has 0 spiro atoms. The van der Waals surface area contributed by atoms with Crippen LogP contribution in [-0.2, 0) is 19.1 Å². The van der Waals surface area contributed by atoms with Crippen molar-refractivity contribution in [3.8, 4) is 0 Å². The molecule has 0 aliphatic carbocycles. The van der Waals surface area contributed by atoms with Crippen molar-refractivity contribution < 1.29 is 19.1 Å². The maximum Gasteiger partial charge on any atom is 0.242 e. The fourth-order valence-corrected chi connectivity index (χ4v) is 2.61. The summed E-state index contributed by atoms with van der Waals surface area (Å²) in [6.07, 6.45) is 1.11. The quantitative estimate of drug-likeness (QED) is 0.752. The van der Waals surface area contributed by atoms with Gasteiger partial charge in [-0.1, -0.05) is 0 Å². The number of hydrogen-bond acceptors (Lipinski definition) is 4. The van der Waals surface area contributed by atoms with Gasteiger partial charge >= 0.3 is 0 Å². The standard InChI is InChI=1S/C14H23N3O4/c1-11-14(20)15-5-2-6-17(11)13(19)4-3-12(18)16-7-9-21-10-8-16/h11H,2-10H2,1H3,(H,15,20)/t11-/m0/s1. The van der Waals surface area contributed by atoms with Crippen molar-refractivity contribution in [2.45, 2.75) is 32.2 Å². The van der Waals surface area contributed by atoms with Crippen LogP contribution in [0.2, 0.25) is 0 Å². The molecule has 1 atom stereocenters. The predicted molar refractivity (Wildman–Crippen MR) is 75.4 cm³/mol. The molecule has 118 valence electrons.